The summed E-state index contributed by atoms with van der Waals surface area (Å²) in [5.74, 6) is -0.00846. The molecule has 0 rings (SSSR count). The van der Waals surface area contributed by atoms with E-state index in [1.54, 1.807) is 27.7 Å². The van der Waals surface area contributed by atoms with Gasteiger partial charge in [0.15, 0.2) is 11.4 Å². The van der Waals surface area contributed by atoms with E-state index in [-0.39, 0.29) is 12.3 Å². The molecular formula is C16H32F3NO4. The second kappa shape index (κ2) is 12.1. The Kier molecular flexibility index (Phi) is 13.9. The molecule has 0 aliphatic carbocycles. The monoisotopic (exact) mass is 359 g/mol. The Morgan fingerprint density at radius 1 is 1.00 bits per heavy atom. The average molecular weight is 359 g/mol. The van der Waals surface area contributed by atoms with E-state index in [9.17, 15) is 22.8 Å². The maximum Gasteiger partial charge on any atom is 0.416 e. The fourth-order valence-electron chi connectivity index (χ4n) is 0.726. The number of carbonyl (C=O) groups excluding carboxylic acids is 2. The molecule has 0 atom stereocenters. The Labute approximate surface area is 143 Å². The highest BCUT2D eigenvalue weighted by molar-refractivity contribution is 5.83. The van der Waals surface area contributed by atoms with Gasteiger partial charge in [-0.2, -0.15) is 13.2 Å². The number of carbonyl (C=O) groups is 2. The minimum Gasteiger partial charge on any atom is -0.444 e. The maximum atomic E-state index is 11.7. The number of hydrogen-bond donors (Lipinski definition) is 1. The number of alkyl halides is 3. The quantitative estimate of drug-likeness (QED) is 0.803. The van der Waals surface area contributed by atoms with Crippen LogP contribution >= 0.6 is 0 Å². The van der Waals surface area contributed by atoms with E-state index in [4.69, 9.17) is 4.74 Å². The van der Waals surface area contributed by atoms with Crippen LogP contribution in [0, 0.1) is 0 Å². The Balaban J connectivity index is -0.000000351. The van der Waals surface area contributed by atoms with Crippen LogP contribution in [0.3, 0.4) is 0 Å². The molecule has 0 radical (unpaired) electrons. The van der Waals surface area contributed by atoms with Crippen LogP contribution in [0.5, 0.6) is 0 Å². The lowest BCUT2D eigenvalue weighted by molar-refractivity contribution is -0.255. The van der Waals surface area contributed by atoms with Crippen LogP contribution in [0.1, 0.15) is 61.8 Å². The zero-order valence-corrected chi connectivity index (χ0v) is 16.2. The predicted octanol–water partition coefficient (Wildman–Crippen LogP) is 4.49. The third kappa shape index (κ3) is 15.6. The van der Waals surface area contributed by atoms with Crippen molar-refractivity contribution in [2.45, 2.75) is 79.2 Å². The first-order valence-corrected chi connectivity index (χ1v) is 7.76. The largest absolute Gasteiger partial charge is 0.444 e. The average Bonchev–Trinajstić information content (AvgIpc) is 2.44. The summed E-state index contributed by atoms with van der Waals surface area (Å²) in [6.45, 7) is 13.1. The third-order valence-corrected chi connectivity index (χ3v) is 2.42. The number of ether oxygens (including phenoxy) is 2. The van der Waals surface area contributed by atoms with Gasteiger partial charge in [-0.25, -0.2) is 4.79 Å². The van der Waals surface area contributed by atoms with E-state index in [0.717, 1.165) is 21.0 Å². The van der Waals surface area contributed by atoms with Gasteiger partial charge in [-0.15, -0.1) is 0 Å². The van der Waals surface area contributed by atoms with Crippen molar-refractivity contribution in [3.63, 3.8) is 0 Å². The molecule has 8 heteroatoms. The van der Waals surface area contributed by atoms with Crippen LogP contribution in [0.25, 0.3) is 0 Å². The normalized spacial score (nSPS) is 11.3. The molecule has 0 saturated carbocycles. The number of hydrogen-bond acceptors (Lipinski definition) is 4. The molecule has 0 unspecified atom stereocenters. The number of nitrogens with one attached hydrogen (secondary N) is 1. The molecule has 1 N–H and O–H groups in total. The zero-order chi connectivity index (χ0) is 20.2. The molecule has 0 aromatic carbocycles. The van der Waals surface area contributed by atoms with Crippen molar-refractivity contribution in [1.29, 1.82) is 0 Å². The summed E-state index contributed by atoms with van der Waals surface area (Å²) in [7, 11) is 1.04. The summed E-state index contributed by atoms with van der Waals surface area (Å²) >= 11 is 0. The standard InChI is InChI=1S/C9H17NO3.C5H9F3O.C2H6/c1-5-7(11)6-10-8(12)13-9(2,3)4;1-4(2,9-3)5(6,7)8;1-2/h5-6H2,1-4H3,(H,10,12);1-3H3;1-2H3. The number of Topliss-reactive ketones (excluding diaryl/α,β-unsaturated/α-hetero) is 1. The SMILES string of the molecule is CC.CCC(=O)CNC(=O)OC(C)(C)C.COC(C)(C)C(F)(F)F. The molecule has 0 aromatic rings. The van der Waals surface area contributed by atoms with E-state index >= 15 is 0 Å². The Bertz CT molecular complexity index is 361. The minimum atomic E-state index is -4.28. The molecule has 0 fully saturated rings. The summed E-state index contributed by atoms with van der Waals surface area (Å²) < 4.78 is 44.2. The predicted molar refractivity (Wildman–Crippen MR) is 88.0 cm³/mol. The molecule has 0 aromatic heterocycles. The molecule has 0 spiro atoms. The third-order valence-electron chi connectivity index (χ3n) is 2.42. The number of amides is 1. The maximum absolute atomic E-state index is 11.7. The van der Waals surface area contributed by atoms with Gasteiger partial charge in [0.1, 0.15) is 5.60 Å². The molecule has 146 valence electrons. The van der Waals surface area contributed by atoms with E-state index < -0.39 is 23.5 Å². The molecule has 0 aliphatic rings. The summed E-state index contributed by atoms with van der Waals surface area (Å²) in [5.41, 5.74) is -2.54. The van der Waals surface area contributed by atoms with Gasteiger partial charge in [-0.05, 0) is 34.6 Å². The molecule has 24 heavy (non-hydrogen) atoms. The van der Waals surface area contributed by atoms with Crippen LogP contribution in [0.15, 0.2) is 0 Å². The first-order valence-electron chi connectivity index (χ1n) is 7.76. The second-order valence-electron chi connectivity index (χ2n) is 5.96. The lowest BCUT2D eigenvalue weighted by Crippen LogP contribution is -2.40. The molecule has 0 aliphatic heterocycles. The van der Waals surface area contributed by atoms with E-state index in [1.165, 1.54) is 0 Å². The Morgan fingerprint density at radius 3 is 1.62 bits per heavy atom. The highest BCUT2D eigenvalue weighted by atomic mass is 19.4. The van der Waals surface area contributed by atoms with Gasteiger partial charge in [0.2, 0.25) is 0 Å². The number of methoxy groups -OCH3 is 1. The van der Waals surface area contributed by atoms with Crippen LogP contribution in [0.4, 0.5) is 18.0 Å². The fraction of sp³-hybridized carbons (Fsp3) is 0.875. The van der Waals surface area contributed by atoms with Crippen LogP contribution < -0.4 is 5.32 Å². The van der Waals surface area contributed by atoms with Crippen molar-refractivity contribution in [2.75, 3.05) is 13.7 Å². The summed E-state index contributed by atoms with van der Waals surface area (Å²) in [5, 5.41) is 2.38. The number of ketones is 1. The lowest BCUT2D eigenvalue weighted by Gasteiger charge is -2.25. The lowest BCUT2D eigenvalue weighted by atomic mass is 10.1. The number of rotatable bonds is 4. The highest BCUT2D eigenvalue weighted by Gasteiger charge is 2.47. The highest BCUT2D eigenvalue weighted by Crippen LogP contribution is 2.31. The second-order valence-corrected chi connectivity index (χ2v) is 5.96. The van der Waals surface area contributed by atoms with Crippen molar-refractivity contribution in [1.82, 2.24) is 5.32 Å². The molecule has 1 amide bonds. The van der Waals surface area contributed by atoms with Crippen molar-refractivity contribution in [3.8, 4) is 0 Å². The van der Waals surface area contributed by atoms with E-state index in [0.29, 0.717) is 6.42 Å². The molecule has 5 nitrogen and oxygen atoms in total. The van der Waals surface area contributed by atoms with E-state index in [2.05, 4.69) is 10.1 Å². The van der Waals surface area contributed by atoms with Crippen LogP contribution in [-0.2, 0) is 14.3 Å². The van der Waals surface area contributed by atoms with Crippen molar-refractivity contribution >= 4 is 11.9 Å². The van der Waals surface area contributed by atoms with Gasteiger partial charge in [0.25, 0.3) is 0 Å². The molecule has 0 heterocycles. The molecule has 0 bridgehead atoms. The Morgan fingerprint density at radius 2 is 1.42 bits per heavy atom. The van der Waals surface area contributed by atoms with Gasteiger partial charge in [-0.1, -0.05) is 20.8 Å². The van der Waals surface area contributed by atoms with Gasteiger partial charge in [0.05, 0.1) is 6.54 Å². The topological polar surface area (TPSA) is 64.6 Å². The summed E-state index contributed by atoms with van der Waals surface area (Å²) in [6, 6.07) is 0. The summed E-state index contributed by atoms with van der Waals surface area (Å²) in [4.78, 5) is 21.8. The van der Waals surface area contributed by atoms with Crippen molar-refractivity contribution < 1.29 is 32.2 Å². The first-order chi connectivity index (χ1) is 10.7. The number of halogens is 3. The molecular weight excluding hydrogens is 327 g/mol. The van der Waals surface area contributed by atoms with E-state index in [1.807, 2.05) is 13.8 Å². The number of alkyl carbamates (subject to hydrolysis) is 1. The zero-order valence-electron chi connectivity index (χ0n) is 16.2. The van der Waals surface area contributed by atoms with Crippen LogP contribution in [0.2, 0.25) is 0 Å². The minimum absolute atomic E-state index is 0.00846. The van der Waals surface area contributed by atoms with Crippen molar-refractivity contribution in [3.05, 3.63) is 0 Å². The molecule has 0 saturated heterocycles. The van der Waals surface area contributed by atoms with Gasteiger partial charge >= 0.3 is 12.3 Å². The van der Waals surface area contributed by atoms with Gasteiger partial charge < -0.3 is 14.8 Å². The van der Waals surface area contributed by atoms with Gasteiger partial charge in [0, 0.05) is 13.5 Å². The van der Waals surface area contributed by atoms with Gasteiger partial charge in [-0.3, -0.25) is 4.79 Å². The first kappa shape index (κ1) is 27.5. The Hall–Kier alpha value is -1.31. The fourth-order valence-corrected chi connectivity index (χ4v) is 0.726. The van der Waals surface area contributed by atoms with Crippen LogP contribution in [-0.4, -0.2) is 42.9 Å². The smallest absolute Gasteiger partial charge is 0.416 e. The van der Waals surface area contributed by atoms with Crippen molar-refractivity contribution in [2.24, 2.45) is 0 Å². The summed E-state index contributed by atoms with van der Waals surface area (Å²) in [6.07, 6.45) is -4.40.